The van der Waals surface area contributed by atoms with Gasteiger partial charge >= 0.3 is 0 Å². The molecule has 0 aromatic carbocycles. The maximum atomic E-state index is 12.7. The van der Waals surface area contributed by atoms with Gasteiger partial charge in [0, 0.05) is 32.1 Å². The lowest BCUT2D eigenvalue weighted by Crippen LogP contribution is -2.51. The Kier molecular flexibility index (Phi) is 4.95. The van der Waals surface area contributed by atoms with Gasteiger partial charge < -0.3 is 19.1 Å². The lowest BCUT2D eigenvalue weighted by atomic mass is 10.1. The molecule has 0 N–H and O–H groups in total. The highest BCUT2D eigenvalue weighted by Crippen LogP contribution is 2.22. The minimum absolute atomic E-state index is 0.0245. The summed E-state index contributed by atoms with van der Waals surface area (Å²) in [5.74, 6) is 0.530. The zero-order chi connectivity index (χ0) is 16.2. The molecule has 126 valence electrons. The van der Waals surface area contributed by atoms with E-state index in [1.165, 1.54) is 0 Å². The van der Waals surface area contributed by atoms with Gasteiger partial charge in [-0.2, -0.15) is 0 Å². The molecule has 1 atom stereocenters. The molecule has 1 aromatic heterocycles. The second-order valence-electron chi connectivity index (χ2n) is 6.02. The van der Waals surface area contributed by atoms with Gasteiger partial charge in [0.1, 0.15) is 11.8 Å². The molecule has 3 rings (SSSR count). The predicted octanol–water partition coefficient (Wildman–Crippen LogP) is 1.09. The second-order valence-corrected chi connectivity index (χ2v) is 6.02. The SMILES string of the molecule is CCCc1cc(C(=O)N2CCC[C@H]2C(=O)N2CCOCC2)no1. The van der Waals surface area contributed by atoms with Crippen LogP contribution in [0.3, 0.4) is 0 Å². The maximum Gasteiger partial charge on any atom is 0.276 e. The monoisotopic (exact) mass is 321 g/mol. The minimum atomic E-state index is -0.382. The summed E-state index contributed by atoms with van der Waals surface area (Å²) in [6.45, 7) is 4.97. The van der Waals surface area contributed by atoms with Crippen LogP contribution in [0.2, 0.25) is 0 Å². The van der Waals surface area contributed by atoms with Crippen LogP contribution in [0, 0.1) is 0 Å². The summed E-state index contributed by atoms with van der Waals surface area (Å²) in [5.41, 5.74) is 0.301. The van der Waals surface area contributed by atoms with Crippen molar-refractivity contribution in [1.29, 1.82) is 0 Å². The van der Waals surface area contributed by atoms with E-state index in [2.05, 4.69) is 5.16 Å². The molecule has 0 spiro atoms. The Morgan fingerprint density at radius 3 is 2.83 bits per heavy atom. The molecule has 2 fully saturated rings. The number of amides is 2. The van der Waals surface area contributed by atoms with Crippen molar-refractivity contribution in [1.82, 2.24) is 15.0 Å². The third kappa shape index (κ3) is 3.39. The third-order valence-electron chi connectivity index (χ3n) is 4.40. The fourth-order valence-electron chi connectivity index (χ4n) is 3.19. The first-order chi connectivity index (χ1) is 11.2. The lowest BCUT2D eigenvalue weighted by molar-refractivity contribution is -0.139. The van der Waals surface area contributed by atoms with E-state index >= 15 is 0 Å². The van der Waals surface area contributed by atoms with Crippen LogP contribution in [0.5, 0.6) is 0 Å². The summed E-state index contributed by atoms with van der Waals surface area (Å²) in [7, 11) is 0. The highest BCUT2D eigenvalue weighted by molar-refractivity contribution is 5.96. The van der Waals surface area contributed by atoms with Crippen molar-refractivity contribution in [2.75, 3.05) is 32.8 Å². The molecule has 2 saturated heterocycles. The fourth-order valence-corrected chi connectivity index (χ4v) is 3.19. The topological polar surface area (TPSA) is 75.9 Å². The molecule has 0 radical (unpaired) electrons. The first-order valence-electron chi connectivity index (χ1n) is 8.33. The Morgan fingerprint density at radius 2 is 2.09 bits per heavy atom. The standard InChI is InChI=1S/C16H23N3O4/c1-2-4-12-11-13(17-23-12)15(20)19-6-3-5-14(19)16(21)18-7-9-22-10-8-18/h11,14H,2-10H2,1H3/t14-/m0/s1. The Hall–Kier alpha value is -1.89. The molecule has 23 heavy (non-hydrogen) atoms. The average molecular weight is 321 g/mol. The van der Waals surface area contributed by atoms with Gasteiger partial charge in [-0.05, 0) is 19.3 Å². The molecule has 0 unspecified atom stereocenters. The summed E-state index contributed by atoms with van der Waals surface area (Å²) in [5, 5.41) is 3.87. The highest BCUT2D eigenvalue weighted by Gasteiger charge is 2.38. The molecule has 2 amide bonds. The first kappa shape index (κ1) is 16.0. The second kappa shape index (κ2) is 7.12. The van der Waals surface area contributed by atoms with Crippen LogP contribution in [-0.4, -0.2) is 65.7 Å². The van der Waals surface area contributed by atoms with Gasteiger partial charge in [0.2, 0.25) is 5.91 Å². The molecule has 0 aliphatic carbocycles. The van der Waals surface area contributed by atoms with E-state index in [0.717, 1.165) is 19.3 Å². The molecule has 7 nitrogen and oxygen atoms in total. The number of likely N-dealkylation sites (tertiary alicyclic amines) is 1. The Bertz CT molecular complexity index is 565. The molecule has 3 heterocycles. The van der Waals surface area contributed by atoms with Gasteiger partial charge in [-0.3, -0.25) is 9.59 Å². The van der Waals surface area contributed by atoms with Crippen LogP contribution < -0.4 is 0 Å². The minimum Gasteiger partial charge on any atom is -0.378 e. The van der Waals surface area contributed by atoms with E-state index in [1.54, 1.807) is 15.9 Å². The van der Waals surface area contributed by atoms with E-state index in [-0.39, 0.29) is 17.9 Å². The van der Waals surface area contributed by atoms with Gasteiger partial charge in [0.05, 0.1) is 13.2 Å². The van der Waals surface area contributed by atoms with Crippen molar-refractivity contribution in [3.05, 3.63) is 17.5 Å². The lowest BCUT2D eigenvalue weighted by Gasteiger charge is -2.32. The van der Waals surface area contributed by atoms with E-state index < -0.39 is 0 Å². The highest BCUT2D eigenvalue weighted by atomic mass is 16.5. The molecule has 0 saturated carbocycles. The third-order valence-corrected chi connectivity index (χ3v) is 4.40. The molecule has 1 aromatic rings. The number of carbonyl (C=O) groups excluding carboxylic acids is 2. The van der Waals surface area contributed by atoms with Crippen molar-refractivity contribution in [2.45, 2.75) is 38.6 Å². The van der Waals surface area contributed by atoms with Crippen LogP contribution in [-0.2, 0) is 16.0 Å². The summed E-state index contributed by atoms with van der Waals surface area (Å²) in [4.78, 5) is 28.8. The predicted molar refractivity (Wildman–Crippen MR) is 82.0 cm³/mol. The van der Waals surface area contributed by atoms with Crippen molar-refractivity contribution in [3.63, 3.8) is 0 Å². The molecule has 7 heteroatoms. The first-order valence-corrected chi connectivity index (χ1v) is 8.33. The molecular weight excluding hydrogens is 298 g/mol. The largest absolute Gasteiger partial charge is 0.378 e. The number of ether oxygens (including phenoxy) is 1. The van der Waals surface area contributed by atoms with Crippen LogP contribution >= 0.6 is 0 Å². The number of nitrogens with zero attached hydrogens (tertiary/aromatic N) is 3. The van der Waals surface area contributed by atoms with E-state index in [9.17, 15) is 9.59 Å². The summed E-state index contributed by atoms with van der Waals surface area (Å²) < 4.78 is 10.5. The normalized spacial score (nSPS) is 21.7. The van der Waals surface area contributed by atoms with E-state index in [1.807, 2.05) is 6.92 Å². The molecule has 0 bridgehead atoms. The van der Waals surface area contributed by atoms with Crippen molar-refractivity contribution >= 4 is 11.8 Å². The maximum absolute atomic E-state index is 12.7. The molecular formula is C16H23N3O4. The van der Waals surface area contributed by atoms with Crippen molar-refractivity contribution < 1.29 is 18.8 Å². The number of hydrogen-bond acceptors (Lipinski definition) is 5. The zero-order valence-electron chi connectivity index (χ0n) is 13.5. The fraction of sp³-hybridized carbons (Fsp3) is 0.688. The quantitative estimate of drug-likeness (QED) is 0.830. The Labute approximate surface area is 135 Å². The zero-order valence-corrected chi connectivity index (χ0v) is 13.5. The summed E-state index contributed by atoms with van der Waals surface area (Å²) in [6, 6.07) is 1.31. The number of morpholine rings is 1. The van der Waals surface area contributed by atoms with Gasteiger partial charge in [-0.1, -0.05) is 12.1 Å². The van der Waals surface area contributed by atoms with Crippen LogP contribution in [0.15, 0.2) is 10.6 Å². The Balaban J connectivity index is 1.69. The van der Waals surface area contributed by atoms with Gasteiger partial charge in [-0.25, -0.2) is 0 Å². The average Bonchev–Trinajstić information content (AvgIpc) is 3.24. The van der Waals surface area contributed by atoms with Crippen molar-refractivity contribution in [3.8, 4) is 0 Å². The number of aryl methyl sites for hydroxylation is 1. The number of rotatable bonds is 4. The number of aromatic nitrogens is 1. The van der Waals surface area contributed by atoms with Gasteiger partial charge in [-0.15, -0.1) is 0 Å². The van der Waals surface area contributed by atoms with Crippen LogP contribution in [0.1, 0.15) is 42.4 Å². The molecule has 2 aliphatic rings. The van der Waals surface area contributed by atoms with Gasteiger partial charge in [0.15, 0.2) is 5.69 Å². The van der Waals surface area contributed by atoms with Gasteiger partial charge in [0.25, 0.3) is 5.91 Å². The van der Waals surface area contributed by atoms with Crippen molar-refractivity contribution in [2.24, 2.45) is 0 Å². The summed E-state index contributed by atoms with van der Waals surface area (Å²) in [6.07, 6.45) is 3.24. The number of hydrogen-bond donors (Lipinski definition) is 0. The number of carbonyl (C=O) groups is 2. The smallest absolute Gasteiger partial charge is 0.276 e. The van der Waals surface area contributed by atoms with Crippen LogP contribution in [0.4, 0.5) is 0 Å². The van der Waals surface area contributed by atoms with Crippen LogP contribution in [0.25, 0.3) is 0 Å². The summed E-state index contributed by atoms with van der Waals surface area (Å²) >= 11 is 0. The Morgan fingerprint density at radius 1 is 1.30 bits per heavy atom. The van der Waals surface area contributed by atoms with E-state index in [0.29, 0.717) is 50.7 Å². The molecule has 2 aliphatic heterocycles. The van der Waals surface area contributed by atoms with E-state index in [4.69, 9.17) is 9.26 Å².